The van der Waals surface area contributed by atoms with Crippen molar-refractivity contribution in [3.63, 3.8) is 0 Å². The number of amides is 1. The van der Waals surface area contributed by atoms with Gasteiger partial charge >= 0.3 is 0 Å². The van der Waals surface area contributed by atoms with E-state index in [1.54, 1.807) is 6.07 Å². The number of H-pyrrole nitrogens is 1. The molecular weight excluding hydrogens is 302 g/mol. The lowest BCUT2D eigenvalue weighted by Crippen LogP contribution is -2.28. The molecular formula is C16H20ClN3O2. The molecule has 1 heterocycles. The van der Waals surface area contributed by atoms with Crippen LogP contribution < -0.4 is 5.32 Å². The number of nitrogens with one attached hydrogen (secondary N) is 2. The highest BCUT2D eigenvalue weighted by molar-refractivity contribution is 6.33. The molecule has 2 aromatic rings. The van der Waals surface area contributed by atoms with Crippen LogP contribution in [0.1, 0.15) is 30.6 Å². The lowest BCUT2D eigenvalue weighted by atomic mass is 10.0. The molecule has 0 fully saturated rings. The minimum Gasteiger partial charge on any atom is -0.393 e. The summed E-state index contributed by atoms with van der Waals surface area (Å²) in [5.41, 5.74) is 1.76. The maximum absolute atomic E-state index is 12.3. The third-order valence-corrected chi connectivity index (χ3v) is 3.85. The summed E-state index contributed by atoms with van der Waals surface area (Å²) in [5.74, 6) is -0.0656. The molecule has 0 radical (unpaired) electrons. The van der Waals surface area contributed by atoms with Crippen LogP contribution in [0.25, 0.3) is 11.3 Å². The van der Waals surface area contributed by atoms with Crippen LogP contribution in [0.2, 0.25) is 5.02 Å². The van der Waals surface area contributed by atoms with Crippen molar-refractivity contribution in [2.75, 3.05) is 6.54 Å². The Kier molecular flexibility index (Phi) is 5.57. The van der Waals surface area contributed by atoms with Crippen LogP contribution in [0.15, 0.2) is 30.5 Å². The standard InChI is InChI=1S/C16H20ClN3O2/c1-10(2)14(21)7-8-18-16(22)12-9-19-20-15(12)11-5-3-4-6-13(11)17/h3-6,9-10,14,21H,7-8H2,1-2H3,(H,18,22)(H,19,20). The van der Waals surface area contributed by atoms with E-state index in [0.29, 0.717) is 29.2 Å². The normalized spacial score (nSPS) is 12.4. The molecule has 1 aromatic carbocycles. The van der Waals surface area contributed by atoms with Crippen molar-refractivity contribution in [1.82, 2.24) is 15.5 Å². The molecule has 5 nitrogen and oxygen atoms in total. The number of halogens is 1. The first-order valence-corrected chi connectivity index (χ1v) is 7.63. The largest absolute Gasteiger partial charge is 0.393 e. The second kappa shape index (κ2) is 7.42. The maximum atomic E-state index is 12.3. The van der Waals surface area contributed by atoms with Gasteiger partial charge in [0.25, 0.3) is 5.91 Å². The molecule has 6 heteroatoms. The first kappa shape index (κ1) is 16.5. The van der Waals surface area contributed by atoms with Crippen molar-refractivity contribution < 1.29 is 9.90 Å². The highest BCUT2D eigenvalue weighted by Crippen LogP contribution is 2.28. The van der Waals surface area contributed by atoms with E-state index >= 15 is 0 Å². The molecule has 0 bridgehead atoms. The van der Waals surface area contributed by atoms with Gasteiger partial charge in [0.2, 0.25) is 0 Å². The van der Waals surface area contributed by atoms with Gasteiger partial charge < -0.3 is 10.4 Å². The highest BCUT2D eigenvalue weighted by atomic mass is 35.5. The first-order valence-electron chi connectivity index (χ1n) is 7.25. The predicted molar refractivity (Wildman–Crippen MR) is 86.8 cm³/mol. The summed E-state index contributed by atoms with van der Waals surface area (Å²) >= 11 is 6.16. The Bertz CT molecular complexity index is 640. The van der Waals surface area contributed by atoms with Gasteiger partial charge in [-0.2, -0.15) is 5.10 Å². The van der Waals surface area contributed by atoms with E-state index in [0.717, 1.165) is 5.56 Å². The van der Waals surface area contributed by atoms with E-state index < -0.39 is 6.10 Å². The number of aliphatic hydroxyl groups is 1. The van der Waals surface area contributed by atoms with Crippen LogP contribution >= 0.6 is 11.6 Å². The van der Waals surface area contributed by atoms with Crippen molar-refractivity contribution in [2.45, 2.75) is 26.4 Å². The lowest BCUT2D eigenvalue weighted by Gasteiger charge is -2.14. The number of nitrogens with zero attached hydrogens (tertiary/aromatic N) is 1. The minimum absolute atomic E-state index is 0.171. The van der Waals surface area contributed by atoms with E-state index in [9.17, 15) is 9.90 Å². The summed E-state index contributed by atoms with van der Waals surface area (Å²) < 4.78 is 0. The number of aromatic nitrogens is 2. The van der Waals surface area contributed by atoms with Crippen molar-refractivity contribution in [3.8, 4) is 11.3 Å². The smallest absolute Gasteiger partial charge is 0.255 e. The summed E-state index contributed by atoms with van der Waals surface area (Å²) in [6, 6.07) is 7.27. The number of aliphatic hydroxyl groups excluding tert-OH is 1. The van der Waals surface area contributed by atoms with Crippen LogP contribution in [0.3, 0.4) is 0 Å². The molecule has 22 heavy (non-hydrogen) atoms. The van der Waals surface area contributed by atoms with E-state index in [1.165, 1.54) is 6.20 Å². The van der Waals surface area contributed by atoms with Gasteiger partial charge in [-0.1, -0.05) is 43.6 Å². The van der Waals surface area contributed by atoms with Gasteiger partial charge in [-0.25, -0.2) is 0 Å². The Labute approximate surface area is 134 Å². The molecule has 0 saturated heterocycles. The second-order valence-electron chi connectivity index (χ2n) is 5.49. The molecule has 1 amide bonds. The summed E-state index contributed by atoms with van der Waals surface area (Å²) in [6.07, 6.45) is 1.57. The molecule has 0 saturated carbocycles. The SMILES string of the molecule is CC(C)C(O)CCNC(=O)c1cn[nH]c1-c1ccccc1Cl. The fraction of sp³-hybridized carbons (Fsp3) is 0.375. The average molecular weight is 322 g/mol. The summed E-state index contributed by atoms with van der Waals surface area (Å²) in [5, 5.41) is 19.9. The van der Waals surface area contributed by atoms with Gasteiger partial charge in [-0.15, -0.1) is 0 Å². The highest BCUT2D eigenvalue weighted by Gasteiger charge is 2.17. The Morgan fingerprint density at radius 1 is 1.41 bits per heavy atom. The number of hydrogen-bond acceptors (Lipinski definition) is 3. The van der Waals surface area contributed by atoms with Crippen molar-refractivity contribution in [3.05, 3.63) is 41.0 Å². The number of carbonyl (C=O) groups is 1. The predicted octanol–water partition coefficient (Wildman–Crippen LogP) is 2.87. The fourth-order valence-corrected chi connectivity index (χ4v) is 2.32. The van der Waals surface area contributed by atoms with Gasteiger partial charge in [0, 0.05) is 17.1 Å². The van der Waals surface area contributed by atoms with Crippen LogP contribution in [0.4, 0.5) is 0 Å². The topological polar surface area (TPSA) is 78.0 Å². The number of rotatable bonds is 6. The number of carbonyl (C=O) groups excluding carboxylic acids is 1. The van der Waals surface area contributed by atoms with Crippen molar-refractivity contribution in [1.29, 1.82) is 0 Å². The molecule has 0 aliphatic rings. The lowest BCUT2D eigenvalue weighted by molar-refractivity contribution is 0.0921. The number of hydrogen-bond donors (Lipinski definition) is 3. The van der Waals surface area contributed by atoms with Crippen LogP contribution in [0, 0.1) is 5.92 Å². The van der Waals surface area contributed by atoms with Crippen molar-refractivity contribution >= 4 is 17.5 Å². The van der Waals surface area contributed by atoms with Gasteiger partial charge in [-0.3, -0.25) is 9.89 Å². The van der Waals surface area contributed by atoms with Gasteiger partial charge in [0.15, 0.2) is 0 Å². The fourth-order valence-electron chi connectivity index (χ4n) is 2.09. The Morgan fingerprint density at radius 2 is 2.14 bits per heavy atom. The average Bonchev–Trinajstić information content (AvgIpc) is 2.96. The second-order valence-corrected chi connectivity index (χ2v) is 5.90. The van der Waals surface area contributed by atoms with E-state index in [-0.39, 0.29) is 11.8 Å². The van der Waals surface area contributed by atoms with Gasteiger partial charge in [-0.05, 0) is 18.4 Å². The van der Waals surface area contributed by atoms with Gasteiger partial charge in [0.05, 0.1) is 23.6 Å². The Balaban J connectivity index is 2.06. The molecule has 1 aromatic heterocycles. The molecule has 1 unspecified atom stereocenters. The molecule has 0 aliphatic heterocycles. The zero-order valence-electron chi connectivity index (χ0n) is 12.6. The molecule has 0 aliphatic carbocycles. The number of benzene rings is 1. The first-order chi connectivity index (χ1) is 10.5. The molecule has 1 atom stereocenters. The van der Waals surface area contributed by atoms with E-state index in [2.05, 4.69) is 15.5 Å². The Hall–Kier alpha value is -1.85. The zero-order valence-corrected chi connectivity index (χ0v) is 13.4. The Morgan fingerprint density at radius 3 is 2.82 bits per heavy atom. The quantitative estimate of drug-likeness (QED) is 0.765. The van der Waals surface area contributed by atoms with Crippen molar-refractivity contribution in [2.24, 2.45) is 5.92 Å². The zero-order chi connectivity index (χ0) is 16.1. The van der Waals surface area contributed by atoms with Gasteiger partial charge in [0.1, 0.15) is 0 Å². The van der Waals surface area contributed by atoms with Crippen LogP contribution in [0.5, 0.6) is 0 Å². The molecule has 2 rings (SSSR count). The van der Waals surface area contributed by atoms with Crippen LogP contribution in [-0.2, 0) is 0 Å². The minimum atomic E-state index is -0.423. The van der Waals surface area contributed by atoms with E-state index in [4.69, 9.17) is 11.6 Å². The summed E-state index contributed by atoms with van der Waals surface area (Å²) in [7, 11) is 0. The maximum Gasteiger partial charge on any atom is 0.255 e. The third kappa shape index (κ3) is 3.87. The summed E-state index contributed by atoms with van der Waals surface area (Å²) in [6.45, 7) is 4.29. The molecule has 3 N–H and O–H groups in total. The summed E-state index contributed by atoms with van der Waals surface area (Å²) in [4.78, 5) is 12.3. The number of aromatic amines is 1. The molecule has 0 spiro atoms. The monoisotopic (exact) mass is 321 g/mol. The molecule has 118 valence electrons. The van der Waals surface area contributed by atoms with E-state index in [1.807, 2.05) is 32.0 Å². The third-order valence-electron chi connectivity index (χ3n) is 3.52. The van der Waals surface area contributed by atoms with Crippen LogP contribution in [-0.4, -0.2) is 33.9 Å².